The number of esters is 2. The van der Waals surface area contributed by atoms with Crippen LogP contribution in [0.25, 0.3) is 0 Å². The number of carbonyl (C=O) groups excluding carboxylic acids is 3. The first kappa shape index (κ1) is 60.1. The second-order valence-corrected chi connectivity index (χ2v) is 19.1. The van der Waals surface area contributed by atoms with E-state index in [-0.39, 0.29) is 68.2 Å². The van der Waals surface area contributed by atoms with Crippen molar-refractivity contribution in [3.8, 4) is 0 Å². The lowest BCUT2D eigenvalue weighted by Crippen LogP contribution is -2.24. The van der Waals surface area contributed by atoms with Crippen LogP contribution in [0.3, 0.4) is 0 Å². The van der Waals surface area contributed by atoms with Crippen LogP contribution in [0.2, 0.25) is 0 Å². The Hall–Kier alpha value is -1.98. The Bertz CT molecular complexity index is 1260. The van der Waals surface area contributed by atoms with Crippen molar-refractivity contribution in [3.63, 3.8) is 0 Å². The molecule has 0 spiro atoms. The number of aliphatic hydroxyl groups excluding tert-OH is 2. The number of ether oxygens (including phenoxy) is 2. The van der Waals surface area contributed by atoms with E-state index in [1.807, 2.05) is 13.8 Å². The number of rotatable bonds is 14. The van der Waals surface area contributed by atoms with Gasteiger partial charge < -0.3 is 33.8 Å². The molecule has 0 amide bonds. The molecule has 18 heteroatoms. The molecule has 0 unspecified atom stereocenters. The molecule has 0 aromatic rings. The third-order valence-corrected chi connectivity index (χ3v) is 13.8. The van der Waals surface area contributed by atoms with Crippen LogP contribution in [0.15, 0.2) is 0 Å². The molecule has 0 aliphatic heterocycles. The fraction of sp³-hybridized carbons (Fsp3) is 0.905. The van der Waals surface area contributed by atoms with E-state index >= 15 is 0 Å². The normalized spacial score (nSPS) is 26.4. The van der Waals surface area contributed by atoms with Gasteiger partial charge in [0, 0.05) is 33.4 Å². The van der Waals surface area contributed by atoms with Crippen LogP contribution in [0, 0.1) is 47.3 Å². The number of carbonyl (C=O) groups is 4. The van der Waals surface area contributed by atoms with Crippen LogP contribution in [0.5, 0.6) is 0 Å². The number of hydrogen-bond donors (Lipinski definition) is 5. The lowest BCUT2D eigenvalue weighted by molar-refractivity contribution is -0.150. The highest BCUT2D eigenvalue weighted by atomic mass is 32.3. The van der Waals surface area contributed by atoms with Gasteiger partial charge in [0.2, 0.25) is 0 Å². The highest BCUT2D eigenvalue weighted by Gasteiger charge is 2.32. The molecule has 0 bridgehead atoms. The van der Waals surface area contributed by atoms with E-state index < -0.39 is 24.0 Å². The number of carboxylic acid groups (broad SMARTS) is 1. The smallest absolute Gasteiger partial charge is 0.394 e. The monoisotopic (exact) mass is 904 g/mol. The van der Waals surface area contributed by atoms with Crippen molar-refractivity contribution >= 4 is 41.7 Å². The molecule has 4 fully saturated rings. The van der Waals surface area contributed by atoms with E-state index in [1.54, 1.807) is 0 Å². The Morgan fingerprint density at radius 3 is 1.08 bits per heavy atom. The van der Waals surface area contributed by atoms with E-state index in [1.165, 1.54) is 39.9 Å². The van der Waals surface area contributed by atoms with Crippen molar-refractivity contribution in [2.24, 2.45) is 47.3 Å². The highest BCUT2D eigenvalue weighted by Crippen LogP contribution is 2.47. The summed E-state index contributed by atoms with van der Waals surface area (Å²) in [5.74, 6) is 1.88. The largest absolute Gasteiger partial charge is 0.481 e. The predicted molar refractivity (Wildman–Crippen MR) is 230 cm³/mol. The summed E-state index contributed by atoms with van der Waals surface area (Å²) >= 11 is 0. The number of aliphatic carboxylic acids is 1. The van der Waals surface area contributed by atoms with Crippen LogP contribution in [0.1, 0.15) is 151 Å². The van der Waals surface area contributed by atoms with E-state index in [0.717, 1.165) is 102 Å². The summed E-state index contributed by atoms with van der Waals surface area (Å²) in [5, 5.41) is 26.3. The number of carboxylic acids is 1. The zero-order valence-electron chi connectivity index (χ0n) is 36.5. The summed E-state index contributed by atoms with van der Waals surface area (Å²) in [7, 11) is -5.19. The highest BCUT2D eigenvalue weighted by molar-refractivity contribution is 7.79. The zero-order chi connectivity index (χ0) is 45.0. The van der Waals surface area contributed by atoms with Gasteiger partial charge in [-0.25, -0.2) is 0 Å². The zero-order valence-corrected chi connectivity index (χ0v) is 38.2. The lowest BCUT2D eigenvalue weighted by Gasteiger charge is -2.27. The minimum absolute atomic E-state index is 0. The quantitative estimate of drug-likeness (QED) is 0.0625. The molecular formula is C42H81O16PS. The standard InChI is InChI=1S/C12H23O4P.C11H20O2.C10H18O3.C8H14O3.CH4.H2O4S/c1-4-10-5-7-11(8-6-10)12(13)9-17(14,15-2)16-3;1-3-9-5-7-10(8-6-9)11(12)13-4-2;1-2-13-10(12)9-5-3-8(7-11)4-6-9;9-5-6-1-3-7(4-2-6)8(10)11;;1-5(2,3)4/h10-11H,4-9H2,1-3H3;9-10H,3-8H2,1-2H3;8-9,11H,2-7H2,1H3;6-7,9H,1-5H2,(H,10,11);1H4;(H2,1,2,3,4). The first-order valence-corrected chi connectivity index (χ1v) is 24.7. The number of aliphatic hydroxyl groups is 2. The van der Waals surface area contributed by atoms with Crippen LogP contribution >= 0.6 is 7.60 Å². The maximum Gasteiger partial charge on any atom is 0.394 e. The molecule has 4 saturated carbocycles. The van der Waals surface area contributed by atoms with Crippen LogP contribution in [-0.2, 0) is 52.7 Å². The van der Waals surface area contributed by atoms with Gasteiger partial charge in [0.05, 0.1) is 31.0 Å². The SMILES string of the molecule is C.CCC1CCC(C(=O)CP(=O)(OC)OC)CC1.CCOC(=O)C1CCC(CC)CC1.CCOC(=O)C1CCC(CO)CC1.O=C(O)C1CCC(CO)CC1.O=S(=O)(O)O. The van der Waals surface area contributed by atoms with Crippen molar-refractivity contribution < 1.29 is 75.1 Å². The van der Waals surface area contributed by atoms with Gasteiger partial charge >= 0.3 is 35.9 Å². The molecule has 0 saturated heterocycles. The molecule has 0 radical (unpaired) electrons. The molecule has 0 aromatic heterocycles. The summed E-state index contributed by atoms with van der Waals surface area (Å²) in [6.07, 6.45) is 17.8. The van der Waals surface area contributed by atoms with Crippen molar-refractivity contribution in [1.29, 1.82) is 0 Å². The molecule has 0 heterocycles. The second-order valence-electron chi connectivity index (χ2n) is 15.9. The fourth-order valence-corrected chi connectivity index (χ4v) is 8.96. The second kappa shape index (κ2) is 33.6. The summed E-state index contributed by atoms with van der Waals surface area (Å²) in [4.78, 5) is 45.2. The minimum atomic E-state index is -4.67. The lowest BCUT2D eigenvalue weighted by atomic mass is 9.79. The van der Waals surface area contributed by atoms with E-state index in [2.05, 4.69) is 13.8 Å². The van der Waals surface area contributed by atoms with Gasteiger partial charge in [0.25, 0.3) is 0 Å². The average molecular weight is 905 g/mol. The molecule has 4 aliphatic rings. The summed E-state index contributed by atoms with van der Waals surface area (Å²) in [6, 6.07) is 0. The molecule has 5 N–H and O–H groups in total. The van der Waals surface area contributed by atoms with Crippen molar-refractivity contribution in [2.45, 2.75) is 151 Å². The van der Waals surface area contributed by atoms with Gasteiger partial charge in [-0.3, -0.25) is 32.8 Å². The average Bonchev–Trinajstić information content (AvgIpc) is 3.24. The summed E-state index contributed by atoms with van der Waals surface area (Å²) < 4.78 is 63.0. The first-order valence-electron chi connectivity index (χ1n) is 21.5. The Morgan fingerprint density at radius 1 is 0.550 bits per heavy atom. The number of ketones is 1. The van der Waals surface area contributed by atoms with E-state index in [4.69, 9.17) is 51.4 Å². The van der Waals surface area contributed by atoms with Crippen LogP contribution < -0.4 is 0 Å². The topological polar surface area (TPSA) is 258 Å². The molecule has 356 valence electrons. The van der Waals surface area contributed by atoms with E-state index in [0.29, 0.717) is 25.0 Å². The molecule has 16 nitrogen and oxygen atoms in total. The Labute approximate surface area is 360 Å². The van der Waals surface area contributed by atoms with Crippen molar-refractivity contribution in [1.82, 2.24) is 0 Å². The fourth-order valence-electron chi connectivity index (χ4n) is 7.92. The molecule has 4 aliphatic carbocycles. The van der Waals surface area contributed by atoms with Crippen molar-refractivity contribution in [3.05, 3.63) is 0 Å². The summed E-state index contributed by atoms with van der Waals surface area (Å²) in [5.41, 5.74) is 0. The minimum Gasteiger partial charge on any atom is -0.481 e. The third-order valence-electron chi connectivity index (χ3n) is 12.0. The summed E-state index contributed by atoms with van der Waals surface area (Å²) in [6.45, 7) is 9.59. The maximum absolute atomic E-state index is 12.0. The van der Waals surface area contributed by atoms with Crippen LogP contribution in [0.4, 0.5) is 0 Å². The number of hydrogen-bond acceptors (Lipinski definition) is 13. The third kappa shape index (κ3) is 27.2. The Kier molecular flexibility index (Phi) is 33.6. The van der Waals surface area contributed by atoms with Gasteiger partial charge in [0.15, 0.2) is 0 Å². The predicted octanol–water partition coefficient (Wildman–Crippen LogP) is 8.22. The van der Waals surface area contributed by atoms with Gasteiger partial charge in [-0.2, -0.15) is 8.42 Å². The van der Waals surface area contributed by atoms with E-state index in [9.17, 15) is 23.7 Å². The maximum atomic E-state index is 12.0. The molecule has 4 rings (SSSR count). The van der Waals surface area contributed by atoms with Gasteiger partial charge in [-0.15, -0.1) is 0 Å². The Morgan fingerprint density at radius 2 is 0.833 bits per heavy atom. The molecule has 60 heavy (non-hydrogen) atoms. The molecular weight excluding hydrogens is 823 g/mol. The first-order chi connectivity index (χ1) is 27.8. The van der Waals surface area contributed by atoms with Crippen LogP contribution in [-0.4, -0.2) is 103 Å². The van der Waals surface area contributed by atoms with Crippen molar-refractivity contribution in [2.75, 3.05) is 46.8 Å². The Balaban J connectivity index is 0. The molecule has 0 aromatic carbocycles. The van der Waals surface area contributed by atoms with Gasteiger partial charge in [-0.1, -0.05) is 34.1 Å². The number of Topliss-reactive ketones (excluding diaryl/α,β-unsaturated/α-hetero) is 1. The van der Waals surface area contributed by atoms with Gasteiger partial charge in [0.1, 0.15) is 11.9 Å². The molecule has 0 atom stereocenters. The van der Waals surface area contributed by atoms with Gasteiger partial charge in [-0.05, 0) is 140 Å².